The summed E-state index contributed by atoms with van der Waals surface area (Å²) in [5, 5.41) is 8.31. The highest BCUT2D eigenvalue weighted by Crippen LogP contribution is 2.35. The summed E-state index contributed by atoms with van der Waals surface area (Å²) in [6.45, 7) is 12.0. The van der Waals surface area contributed by atoms with Crippen molar-refractivity contribution in [2.45, 2.75) is 52.9 Å². The summed E-state index contributed by atoms with van der Waals surface area (Å²) in [5.41, 5.74) is 2.67. The fraction of sp³-hybridized carbons (Fsp3) is 0.423. The minimum absolute atomic E-state index is 0.0277. The van der Waals surface area contributed by atoms with E-state index >= 15 is 0 Å². The minimum atomic E-state index is -0.199. The molecule has 0 unspecified atom stereocenters. The van der Waals surface area contributed by atoms with Gasteiger partial charge in [0, 0.05) is 40.6 Å². The number of aromatic nitrogens is 4. The van der Waals surface area contributed by atoms with E-state index in [-0.39, 0.29) is 17.2 Å². The summed E-state index contributed by atoms with van der Waals surface area (Å²) in [6, 6.07) is 7.58. The highest BCUT2D eigenvalue weighted by Gasteiger charge is 2.27. The number of piperidine rings is 1. The lowest BCUT2D eigenvalue weighted by Crippen LogP contribution is -2.38. The zero-order valence-electron chi connectivity index (χ0n) is 20.8. The SMILES string of the molecule is Cc1sc2ncnc(N3CCC(C(=O)Nc4ccc(-c5noc(C(C)(C)C)n5)cc4)CC3)c2c1C. The Bertz CT molecular complexity index is 1360. The van der Waals surface area contributed by atoms with Gasteiger partial charge in [-0.2, -0.15) is 4.98 Å². The molecule has 1 saturated heterocycles. The molecule has 1 amide bonds. The summed E-state index contributed by atoms with van der Waals surface area (Å²) < 4.78 is 5.39. The first-order valence-electron chi connectivity index (χ1n) is 11.9. The van der Waals surface area contributed by atoms with E-state index in [9.17, 15) is 4.79 Å². The number of fused-ring (bicyclic) bond motifs is 1. The Morgan fingerprint density at radius 3 is 2.49 bits per heavy atom. The third-order valence-corrected chi connectivity index (χ3v) is 7.70. The summed E-state index contributed by atoms with van der Waals surface area (Å²) in [5.74, 6) is 2.17. The molecule has 1 aliphatic rings. The molecular weight excluding hydrogens is 460 g/mol. The van der Waals surface area contributed by atoms with Gasteiger partial charge in [-0.3, -0.25) is 4.79 Å². The zero-order valence-corrected chi connectivity index (χ0v) is 21.6. The molecule has 182 valence electrons. The first kappa shape index (κ1) is 23.4. The molecule has 1 N–H and O–H groups in total. The Morgan fingerprint density at radius 2 is 1.83 bits per heavy atom. The van der Waals surface area contributed by atoms with Crippen molar-refractivity contribution in [3.05, 3.63) is 46.9 Å². The molecule has 0 radical (unpaired) electrons. The third kappa shape index (κ3) is 4.65. The first-order chi connectivity index (χ1) is 16.7. The van der Waals surface area contributed by atoms with Gasteiger partial charge in [-0.25, -0.2) is 9.97 Å². The molecule has 1 aromatic carbocycles. The van der Waals surface area contributed by atoms with Crippen molar-refractivity contribution in [1.29, 1.82) is 0 Å². The third-order valence-electron chi connectivity index (χ3n) is 6.59. The lowest BCUT2D eigenvalue weighted by Gasteiger charge is -2.32. The van der Waals surface area contributed by atoms with Crippen LogP contribution in [0.15, 0.2) is 35.1 Å². The number of aryl methyl sites for hydroxylation is 2. The fourth-order valence-corrected chi connectivity index (χ4v) is 5.34. The molecule has 9 heteroatoms. The summed E-state index contributed by atoms with van der Waals surface area (Å²) >= 11 is 1.71. The number of nitrogens with zero attached hydrogens (tertiary/aromatic N) is 5. The van der Waals surface area contributed by atoms with E-state index in [0.29, 0.717) is 11.7 Å². The van der Waals surface area contributed by atoms with E-state index < -0.39 is 0 Å². The molecule has 0 saturated carbocycles. The van der Waals surface area contributed by atoms with Gasteiger partial charge >= 0.3 is 0 Å². The Kier molecular flexibility index (Phi) is 6.04. The number of rotatable bonds is 4. The normalized spacial score (nSPS) is 15.1. The van der Waals surface area contributed by atoms with Crippen molar-refractivity contribution in [3.8, 4) is 11.4 Å². The van der Waals surface area contributed by atoms with Crippen LogP contribution in [0.1, 0.15) is 49.9 Å². The molecule has 35 heavy (non-hydrogen) atoms. The molecule has 4 heterocycles. The maximum absolute atomic E-state index is 13.0. The van der Waals surface area contributed by atoms with Crippen LogP contribution in [0.25, 0.3) is 21.6 Å². The topological polar surface area (TPSA) is 97.0 Å². The average molecular weight is 491 g/mol. The Morgan fingerprint density at radius 1 is 1.11 bits per heavy atom. The second-order valence-corrected chi connectivity index (χ2v) is 11.4. The number of amides is 1. The van der Waals surface area contributed by atoms with E-state index in [4.69, 9.17) is 4.52 Å². The number of carbonyl (C=O) groups is 1. The number of hydrogen-bond acceptors (Lipinski definition) is 8. The van der Waals surface area contributed by atoms with Crippen molar-refractivity contribution in [2.75, 3.05) is 23.3 Å². The van der Waals surface area contributed by atoms with Crippen molar-refractivity contribution in [3.63, 3.8) is 0 Å². The van der Waals surface area contributed by atoms with Crippen molar-refractivity contribution >= 4 is 39.0 Å². The number of benzene rings is 1. The number of hydrogen-bond donors (Lipinski definition) is 1. The minimum Gasteiger partial charge on any atom is -0.356 e. The van der Waals surface area contributed by atoms with Crippen LogP contribution >= 0.6 is 11.3 Å². The second-order valence-electron chi connectivity index (χ2n) is 10.2. The van der Waals surface area contributed by atoms with E-state index in [2.05, 4.69) is 44.2 Å². The number of nitrogens with one attached hydrogen (secondary N) is 1. The molecule has 8 nitrogen and oxygen atoms in total. The van der Waals surface area contributed by atoms with Crippen LogP contribution in [0.2, 0.25) is 0 Å². The largest absolute Gasteiger partial charge is 0.356 e. The van der Waals surface area contributed by atoms with Crippen molar-refractivity contribution in [1.82, 2.24) is 20.1 Å². The molecule has 4 aromatic rings. The number of carbonyl (C=O) groups excluding carboxylic acids is 1. The average Bonchev–Trinajstić information content (AvgIpc) is 3.45. The summed E-state index contributed by atoms with van der Waals surface area (Å²) in [4.78, 5) is 31.1. The monoisotopic (exact) mass is 490 g/mol. The molecule has 1 fully saturated rings. The molecule has 0 spiro atoms. The predicted molar refractivity (Wildman–Crippen MR) is 139 cm³/mol. The van der Waals surface area contributed by atoms with Crippen LogP contribution in [-0.2, 0) is 10.2 Å². The Hall–Kier alpha value is -3.33. The van der Waals surface area contributed by atoms with Crippen LogP contribution in [0.4, 0.5) is 11.5 Å². The lowest BCUT2D eigenvalue weighted by molar-refractivity contribution is -0.120. The smallest absolute Gasteiger partial charge is 0.232 e. The molecule has 1 aliphatic heterocycles. The standard InChI is InChI=1S/C26H30N6O2S/c1-15-16(2)35-24-20(15)22(27-14-28-24)32-12-10-18(11-13-32)23(33)29-19-8-6-17(7-9-19)21-30-25(34-31-21)26(3,4)5/h6-9,14,18H,10-13H2,1-5H3,(H,29,33). The number of anilines is 2. The maximum Gasteiger partial charge on any atom is 0.232 e. The maximum atomic E-state index is 13.0. The van der Waals surface area contributed by atoms with Crippen LogP contribution in [0.5, 0.6) is 0 Å². The van der Waals surface area contributed by atoms with Gasteiger partial charge in [0.2, 0.25) is 17.6 Å². The van der Waals surface area contributed by atoms with Gasteiger partial charge in [0.1, 0.15) is 17.0 Å². The molecule has 0 aliphatic carbocycles. The van der Waals surface area contributed by atoms with Gasteiger partial charge in [0.15, 0.2) is 0 Å². The van der Waals surface area contributed by atoms with Gasteiger partial charge in [-0.1, -0.05) is 25.9 Å². The number of thiophene rings is 1. The lowest BCUT2D eigenvalue weighted by atomic mass is 9.95. The Balaban J connectivity index is 1.21. The van der Waals surface area contributed by atoms with Crippen molar-refractivity contribution < 1.29 is 9.32 Å². The van der Waals surface area contributed by atoms with E-state index in [0.717, 1.165) is 53.2 Å². The summed E-state index contributed by atoms with van der Waals surface area (Å²) in [6.07, 6.45) is 3.22. The van der Waals surface area contributed by atoms with E-state index in [1.54, 1.807) is 17.7 Å². The summed E-state index contributed by atoms with van der Waals surface area (Å²) in [7, 11) is 0. The van der Waals surface area contributed by atoms with Gasteiger partial charge in [0.25, 0.3) is 0 Å². The van der Waals surface area contributed by atoms with Crippen LogP contribution in [0, 0.1) is 19.8 Å². The van der Waals surface area contributed by atoms with Crippen LogP contribution in [0.3, 0.4) is 0 Å². The second kappa shape index (κ2) is 9.03. The van der Waals surface area contributed by atoms with Gasteiger partial charge in [-0.05, 0) is 56.5 Å². The molecule has 0 atom stereocenters. The highest BCUT2D eigenvalue weighted by atomic mass is 32.1. The Labute approximate surface area is 208 Å². The van der Waals surface area contributed by atoms with Gasteiger partial charge in [0.05, 0.1) is 5.39 Å². The van der Waals surface area contributed by atoms with Crippen molar-refractivity contribution in [2.24, 2.45) is 5.92 Å². The van der Waals surface area contributed by atoms with E-state index in [1.165, 1.54) is 10.4 Å². The molecular formula is C26H30N6O2S. The highest BCUT2D eigenvalue weighted by molar-refractivity contribution is 7.18. The van der Waals surface area contributed by atoms with E-state index in [1.807, 2.05) is 45.0 Å². The zero-order chi connectivity index (χ0) is 24.7. The van der Waals surface area contributed by atoms with Crippen LogP contribution < -0.4 is 10.2 Å². The van der Waals surface area contributed by atoms with Gasteiger partial charge < -0.3 is 14.7 Å². The van der Waals surface area contributed by atoms with Crippen LogP contribution in [-0.4, -0.2) is 39.1 Å². The fourth-order valence-electron chi connectivity index (χ4n) is 4.35. The molecule has 0 bridgehead atoms. The molecule has 3 aromatic heterocycles. The quantitative estimate of drug-likeness (QED) is 0.403. The molecule has 5 rings (SSSR count). The van der Waals surface area contributed by atoms with Gasteiger partial charge in [-0.15, -0.1) is 11.3 Å². The predicted octanol–water partition coefficient (Wildman–Crippen LogP) is 5.51. The first-order valence-corrected chi connectivity index (χ1v) is 12.7.